The molecule has 3 N–H and O–H groups in total. The molecule has 0 bridgehead atoms. The number of anilines is 1. The molecule has 0 aliphatic carbocycles. The molecule has 7 nitrogen and oxygen atoms in total. The Hall–Kier alpha value is -3.45. The summed E-state index contributed by atoms with van der Waals surface area (Å²) in [6.07, 6.45) is 7.29. The smallest absolute Gasteiger partial charge is 0.256 e. The summed E-state index contributed by atoms with van der Waals surface area (Å²) in [7, 11) is 0. The number of nitrogens with zero attached hydrogens (tertiary/aromatic N) is 3. The standard InChI is InChI=1S/C21H21N5O2/c1-21(2,13-27)17-6-3-14(4-7-17)20(28)25-18-12-26-11-15(5-8-19(26)24-18)16-9-22-23-10-16/h3-12,27H,13H2,1-2H3,(H,22,23)(H,25,28). The van der Waals surface area contributed by atoms with Crippen LogP contribution < -0.4 is 5.32 Å². The third-order valence-electron chi connectivity index (χ3n) is 4.85. The molecule has 28 heavy (non-hydrogen) atoms. The lowest BCUT2D eigenvalue weighted by Crippen LogP contribution is -2.22. The van der Waals surface area contributed by atoms with E-state index in [2.05, 4.69) is 20.5 Å². The minimum absolute atomic E-state index is 0.0423. The van der Waals surface area contributed by atoms with E-state index in [9.17, 15) is 9.90 Å². The Labute approximate surface area is 162 Å². The van der Waals surface area contributed by atoms with Crippen molar-refractivity contribution in [2.24, 2.45) is 0 Å². The highest BCUT2D eigenvalue weighted by Gasteiger charge is 2.19. The number of aliphatic hydroxyl groups is 1. The number of carbonyl (C=O) groups excluding carboxylic acids is 1. The Morgan fingerprint density at radius 1 is 1.14 bits per heavy atom. The highest BCUT2D eigenvalue weighted by atomic mass is 16.3. The molecule has 1 aromatic carbocycles. The van der Waals surface area contributed by atoms with Crippen molar-refractivity contribution in [3.05, 3.63) is 72.3 Å². The van der Waals surface area contributed by atoms with Crippen LogP contribution in [0.25, 0.3) is 16.8 Å². The number of aromatic amines is 1. The van der Waals surface area contributed by atoms with Crippen LogP contribution in [0.3, 0.4) is 0 Å². The third kappa shape index (κ3) is 3.39. The van der Waals surface area contributed by atoms with E-state index in [1.54, 1.807) is 24.5 Å². The summed E-state index contributed by atoms with van der Waals surface area (Å²) in [4.78, 5) is 17.0. The summed E-state index contributed by atoms with van der Waals surface area (Å²) in [6, 6.07) is 11.1. The molecule has 1 amide bonds. The lowest BCUT2D eigenvalue weighted by molar-refractivity contribution is 0.102. The minimum atomic E-state index is -0.344. The minimum Gasteiger partial charge on any atom is -0.395 e. The van der Waals surface area contributed by atoms with Crippen LogP contribution in [-0.2, 0) is 5.41 Å². The Balaban J connectivity index is 1.53. The Morgan fingerprint density at radius 3 is 2.61 bits per heavy atom. The van der Waals surface area contributed by atoms with Crippen LogP contribution in [0.4, 0.5) is 5.82 Å². The first-order valence-corrected chi connectivity index (χ1v) is 8.97. The van der Waals surface area contributed by atoms with Gasteiger partial charge in [-0.2, -0.15) is 5.10 Å². The highest BCUT2D eigenvalue weighted by Crippen LogP contribution is 2.23. The van der Waals surface area contributed by atoms with Crippen molar-refractivity contribution in [2.75, 3.05) is 11.9 Å². The molecule has 0 fully saturated rings. The van der Waals surface area contributed by atoms with Crippen LogP contribution in [0.5, 0.6) is 0 Å². The first-order valence-electron chi connectivity index (χ1n) is 8.97. The Morgan fingerprint density at radius 2 is 1.93 bits per heavy atom. The number of benzene rings is 1. The number of amides is 1. The van der Waals surface area contributed by atoms with Crippen LogP contribution in [0.15, 0.2) is 61.2 Å². The van der Waals surface area contributed by atoms with E-state index >= 15 is 0 Å². The van der Waals surface area contributed by atoms with E-state index in [0.29, 0.717) is 11.4 Å². The molecule has 0 atom stereocenters. The normalized spacial score (nSPS) is 11.7. The Kier molecular flexibility index (Phi) is 4.44. The largest absolute Gasteiger partial charge is 0.395 e. The maximum atomic E-state index is 12.6. The maximum absolute atomic E-state index is 12.6. The number of hydrogen-bond donors (Lipinski definition) is 3. The molecule has 4 aromatic rings. The number of imidazole rings is 1. The molecular weight excluding hydrogens is 354 g/mol. The van der Waals surface area contributed by atoms with Gasteiger partial charge < -0.3 is 14.8 Å². The zero-order valence-corrected chi connectivity index (χ0v) is 15.7. The average molecular weight is 375 g/mol. The summed E-state index contributed by atoms with van der Waals surface area (Å²) < 4.78 is 1.87. The van der Waals surface area contributed by atoms with Gasteiger partial charge in [0, 0.05) is 34.5 Å². The van der Waals surface area contributed by atoms with Crippen molar-refractivity contribution in [1.29, 1.82) is 0 Å². The lowest BCUT2D eigenvalue weighted by Gasteiger charge is -2.22. The molecule has 0 saturated heterocycles. The van der Waals surface area contributed by atoms with Crippen molar-refractivity contribution in [3.63, 3.8) is 0 Å². The number of hydrogen-bond acceptors (Lipinski definition) is 4. The van der Waals surface area contributed by atoms with Gasteiger partial charge in [-0.3, -0.25) is 9.89 Å². The molecule has 7 heteroatoms. The van der Waals surface area contributed by atoms with Crippen LogP contribution in [0, 0.1) is 0 Å². The molecule has 0 saturated carbocycles. The van der Waals surface area contributed by atoms with Gasteiger partial charge in [-0.25, -0.2) is 4.98 Å². The van der Waals surface area contributed by atoms with E-state index in [1.807, 2.05) is 54.9 Å². The fourth-order valence-corrected chi connectivity index (χ4v) is 2.98. The van der Waals surface area contributed by atoms with E-state index in [-0.39, 0.29) is 17.9 Å². The summed E-state index contributed by atoms with van der Waals surface area (Å²) in [6.45, 7) is 3.95. The van der Waals surface area contributed by atoms with Crippen molar-refractivity contribution in [3.8, 4) is 11.1 Å². The fraction of sp³-hybridized carbons (Fsp3) is 0.190. The summed E-state index contributed by atoms with van der Waals surface area (Å²) in [5.74, 6) is 0.251. The summed E-state index contributed by atoms with van der Waals surface area (Å²) in [5.41, 5.74) is 3.89. The number of rotatable bonds is 5. The average Bonchev–Trinajstić information content (AvgIpc) is 3.37. The molecule has 142 valence electrons. The predicted molar refractivity (Wildman–Crippen MR) is 107 cm³/mol. The monoisotopic (exact) mass is 375 g/mol. The number of pyridine rings is 1. The SMILES string of the molecule is CC(C)(CO)c1ccc(C(=O)Nc2cn3cc(-c4cn[nH]c4)ccc3n2)cc1. The van der Waals surface area contributed by atoms with E-state index in [4.69, 9.17) is 0 Å². The molecule has 3 aromatic heterocycles. The predicted octanol–water partition coefficient (Wildman–Crippen LogP) is 3.25. The molecule has 0 aliphatic heterocycles. The van der Waals surface area contributed by atoms with Crippen LogP contribution in [-0.4, -0.2) is 37.2 Å². The highest BCUT2D eigenvalue weighted by molar-refractivity contribution is 6.03. The number of aliphatic hydroxyl groups excluding tert-OH is 1. The zero-order valence-electron chi connectivity index (χ0n) is 15.7. The fourth-order valence-electron chi connectivity index (χ4n) is 2.98. The second-order valence-electron chi connectivity index (χ2n) is 7.37. The number of aromatic nitrogens is 4. The molecule has 0 unspecified atom stereocenters. The number of carbonyl (C=O) groups is 1. The number of fused-ring (bicyclic) bond motifs is 1. The van der Waals surface area contributed by atoms with Gasteiger partial charge >= 0.3 is 0 Å². The molecule has 0 aliphatic rings. The number of nitrogens with one attached hydrogen (secondary N) is 2. The Bertz CT molecular complexity index is 1110. The summed E-state index contributed by atoms with van der Waals surface area (Å²) in [5, 5.41) is 19.1. The van der Waals surface area contributed by atoms with Gasteiger partial charge in [0.15, 0.2) is 5.82 Å². The van der Waals surface area contributed by atoms with Gasteiger partial charge in [0.1, 0.15) is 5.65 Å². The van der Waals surface area contributed by atoms with E-state index in [0.717, 1.165) is 22.3 Å². The van der Waals surface area contributed by atoms with Gasteiger partial charge in [0.05, 0.1) is 19.0 Å². The molecule has 0 radical (unpaired) electrons. The van der Waals surface area contributed by atoms with Crippen molar-refractivity contribution < 1.29 is 9.90 Å². The van der Waals surface area contributed by atoms with Gasteiger partial charge in [-0.1, -0.05) is 26.0 Å². The van der Waals surface area contributed by atoms with Crippen LogP contribution in [0.2, 0.25) is 0 Å². The number of H-pyrrole nitrogens is 1. The van der Waals surface area contributed by atoms with E-state index in [1.165, 1.54) is 0 Å². The second-order valence-corrected chi connectivity index (χ2v) is 7.37. The van der Waals surface area contributed by atoms with E-state index < -0.39 is 0 Å². The molecular formula is C21H21N5O2. The molecule has 4 rings (SSSR count). The molecule has 0 spiro atoms. The van der Waals surface area contributed by atoms with Gasteiger partial charge in [-0.15, -0.1) is 0 Å². The second kappa shape index (κ2) is 6.94. The molecule has 3 heterocycles. The first-order chi connectivity index (χ1) is 13.5. The van der Waals surface area contributed by atoms with Crippen molar-refractivity contribution >= 4 is 17.4 Å². The first kappa shape index (κ1) is 17.9. The van der Waals surface area contributed by atoms with Gasteiger partial charge in [0.2, 0.25) is 0 Å². The van der Waals surface area contributed by atoms with Crippen molar-refractivity contribution in [1.82, 2.24) is 19.6 Å². The topological polar surface area (TPSA) is 95.3 Å². The summed E-state index contributed by atoms with van der Waals surface area (Å²) >= 11 is 0. The third-order valence-corrected chi connectivity index (χ3v) is 4.85. The van der Waals surface area contributed by atoms with Gasteiger partial charge in [-0.05, 0) is 29.8 Å². The van der Waals surface area contributed by atoms with Gasteiger partial charge in [0.25, 0.3) is 5.91 Å². The van der Waals surface area contributed by atoms with Crippen molar-refractivity contribution in [2.45, 2.75) is 19.3 Å². The quantitative estimate of drug-likeness (QED) is 0.499. The zero-order chi connectivity index (χ0) is 19.7. The lowest BCUT2D eigenvalue weighted by atomic mass is 9.85. The maximum Gasteiger partial charge on any atom is 0.256 e. The van der Waals surface area contributed by atoms with Crippen LogP contribution in [0.1, 0.15) is 29.8 Å². The van der Waals surface area contributed by atoms with Crippen LogP contribution >= 0.6 is 0 Å².